The fraction of sp³-hybridized carbons (Fsp3) is 0.562. The van der Waals surface area contributed by atoms with Gasteiger partial charge in [-0.25, -0.2) is 4.39 Å². The lowest BCUT2D eigenvalue weighted by Crippen LogP contribution is -2.54. The summed E-state index contributed by atoms with van der Waals surface area (Å²) in [4.78, 5) is 13.9. The molecule has 0 saturated carbocycles. The number of benzene rings is 1. The minimum Gasteiger partial charge on any atom is -0.468 e. The van der Waals surface area contributed by atoms with Crippen LogP contribution in [0.25, 0.3) is 0 Å². The van der Waals surface area contributed by atoms with Gasteiger partial charge >= 0.3 is 5.97 Å². The molecule has 0 aliphatic rings. The number of rotatable bonds is 7. The van der Waals surface area contributed by atoms with Crippen molar-refractivity contribution in [2.45, 2.75) is 38.8 Å². The van der Waals surface area contributed by atoms with Gasteiger partial charge < -0.3 is 9.64 Å². The van der Waals surface area contributed by atoms with Crippen LogP contribution < -0.4 is 10.2 Å². The van der Waals surface area contributed by atoms with E-state index in [0.717, 1.165) is 5.69 Å². The Balaban J connectivity index is 2.74. The fourth-order valence-electron chi connectivity index (χ4n) is 2.33. The van der Waals surface area contributed by atoms with E-state index in [2.05, 4.69) is 5.32 Å². The van der Waals surface area contributed by atoms with Gasteiger partial charge in [-0.3, -0.25) is 10.1 Å². The first-order valence-electron chi connectivity index (χ1n) is 7.11. The number of esters is 1. The molecule has 0 saturated heterocycles. The van der Waals surface area contributed by atoms with Crippen molar-refractivity contribution in [1.29, 1.82) is 0 Å². The molecule has 0 radical (unpaired) electrons. The molecule has 5 heteroatoms. The molecule has 0 amide bonds. The van der Waals surface area contributed by atoms with Gasteiger partial charge in [0.15, 0.2) is 0 Å². The Labute approximate surface area is 126 Å². The zero-order valence-corrected chi connectivity index (χ0v) is 13.4. The third kappa shape index (κ3) is 5.01. The molecule has 1 aromatic rings. The summed E-state index contributed by atoms with van der Waals surface area (Å²) in [6.45, 7) is 6.40. The lowest BCUT2D eigenvalue weighted by atomic mass is 9.96. The second-order valence-corrected chi connectivity index (χ2v) is 5.77. The fourth-order valence-corrected chi connectivity index (χ4v) is 2.33. The molecular formula is C16H25FN2O2. The Morgan fingerprint density at radius 2 is 2.14 bits per heavy atom. The number of hydrogen-bond acceptors (Lipinski definition) is 4. The molecule has 1 atom stereocenters. The van der Waals surface area contributed by atoms with Crippen molar-refractivity contribution in [3.8, 4) is 0 Å². The van der Waals surface area contributed by atoms with Crippen LogP contribution in [0.4, 0.5) is 10.1 Å². The number of carbonyl (C=O) groups excluding carboxylic acids is 1. The van der Waals surface area contributed by atoms with E-state index in [1.165, 1.54) is 19.2 Å². The summed E-state index contributed by atoms with van der Waals surface area (Å²) in [5.41, 5.74) is 0.0246. The zero-order valence-electron chi connectivity index (χ0n) is 13.4. The number of anilines is 1. The maximum Gasteiger partial charge on any atom is 0.325 e. The van der Waals surface area contributed by atoms with Crippen LogP contribution in [0.1, 0.15) is 27.2 Å². The molecule has 0 aromatic heterocycles. The number of halogens is 1. The van der Waals surface area contributed by atoms with Gasteiger partial charge in [0.25, 0.3) is 0 Å². The van der Waals surface area contributed by atoms with E-state index in [9.17, 15) is 9.18 Å². The highest BCUT2D eigenvalue weighted by molar-refractivity contribution is 5.80. The Hall–Kier alpha value is -1.62. The summed E-state index contributed by atoms with van der Waals surface area (Å²) in [7, 11) is 3.26. The second kappa shape index (κ2) is 7.41. The van der Waals surface area contributed by atoms with E-state index >= 15 is 0 Å². The molecule has 0 spiro atoms. The van der Waals surface area contributed by atoms with Crippen LogP contribution in [-0.2, 0) is 9.53 Å². The van der Waals surface area contributed by atoms with E-state index in [1.807, 2.05) is 38.8 Å². The highest BCUT2D eigenvalue weighted by Gasteiger charge is 2.34. The lowest BCUT2D eigenvalue weighted by Gasteiger charge is -2.32. The SMILES string of the molecule is COC(=O)C(C)(CCN(C)c1cccc(F)c1)NC(C)C. The Morgan fingerprint density at radius 3 is 2.67 bits per heavy atom. The van der Waals surface area contributed by atoms with Crippen molar-refractivity contribution in [3.63, 3.8) is 0 Å². The standard InChI is InChI=1S/C16H25FN2O2/c1-12(2)18-16(3,15(20)21-5)9-10-19(4)14-8-6-7-13(17)11-14/h6-8,11-12,18H,9-10H2,1-5H3. The topological polar surface area (TPSA) is 41.6 Å². The highest BCUT2D eigenvalue weighted by atomic mass is 19.1. The van der Waals surface area contributed by atoms with Gasteiger partial charge in [0.2, 0.25) is 0 Å². The second-order valence-electron chi connectivity index (χ2n) is 5.77. The van der Waals surface area contributed by atoms with Gasteiger partial charge in [0.1, 0.15) is 11.4 Å². The van der Waals surface area contributed by atoms with E-state index in [1.54, 1.807) is 6.07 Å². The van der Waals surface area contributed by atoms with Crippen LogP contribution in [0.3, 0.4) is 0 Å². The van der Waals surface area contributed by atoms with Crippen molar-refractivity contribution < 1.29 is 13.9 Å². The smallest absolute Gasteiger partial charge is 0.325 e. The minimum atomic E-state index is -0.759. The number of methoxy groups -OCH3 is 1. The zero-order chi connectivity index (χ0) is 16.0. The summed E-state index contributed by atoms with van der Waals surface area (Å²) < 4.78 is 18.1. The summed E-state index contributed by atoms with van der Waals surface area (Å²) in [6, 6.07) is 6.57. The highest BCUT2D eigenvalue weighted by Crippen LogP contribution is 2.18. The molecule has 1 unspecified atom stereocenters. The van der Waals surface area contributed by atoms with Crippen LogP contribution in [-0.4, -0.2) is 38.3 Å². The molecule has 4 nitrogen and oxygen atoms in total. The normalized spacial score (nSPS) is 13.9. The van der Waals surface area contributed by atoms with Crippen LogP contribution in [0.5, 0.6) is 0 Å². The first-order chi connectivity index (χ1) is 9.78. The van der Waals surface area contributed by atoms with Crippen molar-refractivity contribution in [3.05, 3.63) is 30.1 Å². The van der Waals surface area contributed by atoms with Crippen molar-refractivity contribution >= 4 is 11.7 Å². The first kappa shape index (κ1) is 17.4. The maximum absolute atomic E-state index is 13.2. The van der Waals surface area contributed by atoms with Gasteiger partial charge in [-0.15, -0.1) is 0 Å². The Bertz CT molecular complexity index is 479. The summed E-state index contributed by atoms with van der Waals surface area (Å²) in [5, 5.41) is 3.25. The molecule has 0 fully saturated rings. The molecule has 118 valence electrons. The molecule has 0 aliphatic heterocycles. The largest absolute Gasteiger partial charge is 0.468 e. The van der Waals surface area contributed by atoms with Crippen LogP contribution in [0.15, 0.2) is 24.3 Å². The average molecular weight is 296 g/mol. The van der Waals surface area contributed by atoms with E-state index in [4.69, 9.17) is 4.74 Å². The van der Waals surface area contributed by atoms with E-state index in [-0.39, 0.29) is 17.8 Å². The van der Waals surface area contributed by atoms with Gasteiger partial charge in [0, 0.05) is 25.3 Å². The number of hydrogen-bond donors (Lipinski definition) is 1. The van der Waals surface area contributed by atoms with Crippen LogP contribution >= 0.6 is 0 Å². The average Bonchev–Trinajstić information content (AvgIpc) is 2.43. The maximum atomic E-state index is 13.2. The van der Waals surface area contributed by atoms with Gasteiger partial charge in [-0.1, -0.05) is 6.07 Å². The number of ether oxygens (including phenoxy) is 1. The van der Waals surface area contributed by atoms with E-state index < -0.39 is 5.54 Å². The molecule has 1 N–H and O–H groups in total. The molecule has 21 heavy (non-hydrogen) atoms. The quantitative estimate of drug-likeness (QED) is 0.785. The predicted octanol–water partition coefficient (Wildman–Crippen LogP) is 2.58. The number of carbonyl (C=O) groups is 1. The summed E-state index contributed by atoms with van der Waals surface area (Å²) >= 11 is 0. The molecule has 0 aliphatic carbocycles. The van der Waals surface area contributed by atoms with Gasteiger partial charge in [-0.05, 0) is 45.4 Å². The third-order valence-electron chi connectivity index (χ3n) is 3.44. The minimum absolute atomic E-state index is 0.161. The molecule has 0 heterocycles. The third-order valence-corrected chi connectivity index (χ3v) is 3.44. The van der Waals surface area contributed by atoms with Gasteiger partial charge in [0.05, 0.1) is 7.11 Å². The van der Waals surface area contributed by atoms with Gasteiger partial charge in [-0.2, -0.15) is 0 Å². The summed E-state index contributed by atoms with van der Waals surface area (Å²) in [5.74, 6) is -0.556. The van der Waals surface area contributed by atoms with Crippen molar-refractivity contribution in [2.24, 2.45) is 0 Å². The predicted molar refractivity (Wildman–Crippen MR) is 83.0 cm³/mol. The molecule has 1 rings (SSSR count). The first-order valence-corrected chi connectivity index (χ1v) is 7.11. The summed E-state index contributed by atoms with van der Waals surface area (Å²) in [6.07, 6.45) is 0.560. The lowest BCUT2D eigenvalue weighted by molar-refractivity contribution is -0.148. The van der Waals surface area contributed by atoms with E-state index in [0.29, 0.717) is 13.0 Å². The molecular weight excluding hydrogens is 271 g/mol. The number of nitrogens with zero attached hydrogens (tertiary/aromatic N) is 1. The van der Waals surface area contributed by atoms with Crippen LogP contribution in [0, 0.1) is 5.82 Å². The Morgan fingerprint density at radius 1 is 1.48 bits per heavy atom. The van der Waals surface area contributed by atoms with Crippen LogP contribution in [0.2, 0.25) is 0 Å². The van der Waals surface area contributed by atoms with Crippen molar-refractivity contribution in [1.82, 2.24) is 5.32 Å². The molecule has 0 bridgehead atoms. The number of nitrogens with one attached hydrogen (secondary N) is 1. The van der Waals surface area contributed by atoms with Crippen molar-refractivity contribution in [2.75, 3.05) is 25.6 Å². The Kier molecular flexibility index (Phi) is 6.15. The molecule has 1 aromatic carbocycles. The monoisotopic (exact) mass is 296 g/mol.